The molecule has 2 rings (SSSR count). The Labute approximate surface area is 105 Å². The molecule has 1 heterocycles. The number of hydrogen-bond donors (Lipinski definition) is 1. The van der Waals surface area contributed by atoms with Crippen molar-refractivity contribution in [2.45, 2.75) is 20.4 Å². The lowest BCUT2D eigenvalue weighted by Crippen LogP contribution is -2.01. The van der Waals surface area contributed by atoms with Gasteiger partial charge in [0, 0.05) is 6.54 Å². The van der Waals surface area contributed by atoms with Crippen LogP contribution in [0.5, 0.6) is 11.6 Å². The first-order valence-electron chi connectivity index (χ1n) is 5.38. The van der Waals surface area contributed by atoms with Gasteiger partial charge in [0.05, 0.1) is 10.7 Å². The number of nitrogen functional groups attached to an aromatic ring is 1. The second-order valence-electron chi connectivity index (χ2n) is 3.65. The smallest absolute Gasteiger partial charge is 0.241 e. The summed E-state index contributed by atoms with van der Waals surface area (Å²) in [7, 11) is 0. The summed E-state index contributed by atoms with van der Waals surface area (Å²) in [5.41, 5.74) is 7.23. The highest BCUT2D eigenvalue weighted by atomic mass is 35.5. The second kappa shape index (κ2) is 4.67. The van der Waals surface area contributed by atoms with Crippen molar-refractivity contribution in [3.05, 3.63) is 35.0 Å². The van der Waals surface area contributed by atoms with Crippen LogP contribution in [0.3, 0.4) is 0 Å². The highest BCUT2D eigenvalue weighted by molar-refractivity contribution is 6.32. The predicted octanol–water partition coefficient (Wildman–Crippen LogP) is 3.24. The lowest BCUT2D eigenvalue weighted by molar-refractivity contribution is 0.418. The molecule has 17 heavy (non-hydrogen) atoms. The van der Waals surface area contributed by atoms with Crippen LogP contribution in [-0.2, 0) is 6.54 Å². The minimum Gasteiger partial charge on any atom is -0.436 e. The summed E-state index contributed by atoms with van der Waals surface area (Å²) in [5.74, 6) is 1.12. The van der Waals surface area contributed by atoms with Crippen LogP contribution < -0.4 is 10.5 Å². The van der Waals surface area contributed by atoms with Crippen molar-refractivity contribution in [3.8, 4) is 11.6 Å². The van der Waals surface area contributed by atoms with Gasteiger partial charge in [-0.25, -0.2) is 4.68 Å². The Kier molecular flexibility index (Phi) is 3.24. The molecular weight excluding hydrogens is 238 g/mol. The molecule has 0 aliphatic rings. The lowest BCUT2D eigenvalue weighted by atomic mass is 10.3. The van der Waals surface area contributed by atoms with E-state index in [9.17, 15) is 0 Å². The van der Waals surface area contributed by atoms with Gasteiger partial charge in [0.1, 0.15) is 11.4 Å². The largest absolute Gasteiger partial charge is 0.436 e. The number of anilines is 1. The maximum atomic E-state index is 6.03. The average molecular weight is 252 g/mol. The molecule has 2 N–H and O–H groups in total. The van der Waals surface area contributed by atoms with Crippen molar-refractivity contribution in [2.24, 2.45) is 0 Å². The van der Waals surface area contributed by atoms with E-state index in [0.29, 0.717) is 28.9 Å². The summed E-state index contributed by atoms with van der Waals surface area (Å²) >= 11 is 6.03. The maximum Gasteiger partial charge on any atom is 0.241 e. The molecule has 90 valence electrons. The Morgan fingerprint density at radius 2 is 2.12 bits per heavy atom. The van der Waals surface area contributed by atoms with Gasteiger partial charge in [-0.2, -0.15) is 5.10 Å². The molecule has 0 aliphatic heterocycles. The molecule has 0 fully saturated rings. The van der Waals surface area contributed by atoms with Crippen LogP contribution in [0, 0.1) is 6.92 Å². The van der Waals surface area contributed by atoms with E-state index >= 15 is 0 Å². The van der Waals surface area contributed by atoms with Crippen molar-refractivity contribution in [3.63, 3.8) is 0 Å². The summed E-state index contributed by atoms with van der Waals surface area (Å²) in [6, 6.07) is 7.27. The Morgan fingerprint density at radius 3 is 2.76 bits per heavy atom. The molecule has 0 saturated heterocycles. The highest BCUT2D eigenvalue weighted by Crippen LogP contribution is 2.33. The minimum atomic E-state index is 0.540. The molecule has 2 aromatic rings. The van der Waals surface area contributed by atoms with Gasteiger partial charge < -0.3 is 10.5 Å². The van der Waals surface area contributed by atoms with Crippen molar-refractivity contribution in [1.29, 1.82) is 0 Å². The van der Waals surface area contributed by atoms with Gasteiger partial charge in [0.25, 0.3) is 0 Å². The summed E-state index contributed by atoms with van der Waals surface area (Å²) in [5, 5.41) is 4.83. The number of nitrogens with two attached hydrogens (primary N) is 1. The van der Waals surface area contributed by atoms with Gasteiger partial charge in [0.2, 0.25) is 5.88 Å². The predicted molar refractivity (Wildman–Crippen MR) is 68.6 cm³/mol. The Hall–Kier alpha value is -1.68. The minimum absolute atomic E-state index is 0.540. The van der Waals surface area contributed by atoms with Crippen LogP contribution in [0.25, 0.3) is 0 Å². The van der Waals surface area contributed by atoms with Crippen LogP contribution in [-0.4, -0.2) is 9.78 Å². The van der Waals surface area contributed by atoms with Gasteiger partial charge in [-0.1, -0.05) is 23.7 Å². The summed E-state index contributed by atoms with van der Waals surface area (Å²) in [4.78, 5) is 0. The van der Waals surface area contributed by atoms with Gasteiger partial charge in [0.15, 0.2) is 0 Å². The Balaban J connectivity index is 2.39. The third-order valence-electron chi connectivity index (χ3n) is 2.47. The first kappa shape index (κ1) is 11.8. The number of aromatic nitrogens is 2. The van der Waals surface area contributed by atoms with E-state index in [4.69, 9.17) is 22.1 Å². The lowest BCUT2D eigenvalue weighted by Gasteiger charge is -2.09. The van der Waals surface area contributed by atoms with E-state index in [2.05, 4.69) is 5.10 Å². The number of halogens is 1. The third kappa shape index (κ3) is 2.22. The SMILES string of the molecule is CCn1nc(C)c(N)c1Oc1ccccc1Cl. The summed E-state index contributed by atoms with van der Waals surface area (Å²) in [6.45, 7) is 4.52. The number of nitrogens with zero attached hydrogens (tertiary/aromatic N) is 2. The van der Waals surface area contributed by atoms with Crippen LogP contribution in [0.4, 0.5) is 5.69 Å². The van der Waals surface area contributed by atoms with Crippen molar-refractivity contribution >= 4 is 17.3 Å². The Morgan fingerprint density at radius 1 is 1.41 bits per heavy atom. The molecular formula is C12H14ClN3O. The van der Waals surface area contributed by atoms with E-state index in [1.54, 1.807) is 16.8 Å². The molecule has 0 spiro atoms. The van der Waals surface area contributed by atoms with E-state index in [-0.39, 0.29) is 0 Å². The monoisotopic (exact) mass is 251 g/mol. The summed E-state index contributed by atoms with van der Waals surface area (Å²) in [6.07, 6.45) is 0. The molecule has 0 atom stereocenters. The van der Waals surface area contributed by atoms with E-state index in [1.807, 2.05) is 26.0 Å². The quantitative estimate of drug-likeness (QED) is 0.911. The normalized spacial score (nSPS) is 10.5. The number of rotatable bonds is 3. The van der Waals surface area contributed by atoms with Crippen molar-refractivity contribution in [1.82, 2.24) is 9.78 Å². The number of para-hydroxylation sites is 1. The topological polar surface area (TPSA) is 53.1 Å². The molecule has 0 radical (unpaired) electrons. The van der Waals surface area contributed by atoms with Crippen LogP contribution in [0.15, 0.2) is 24.3 Å². The summed E-state index contributed by atoms with van der Waals surface area (Å²) < 4.78 is 7.44. The molecule has 4 nitrogen and oxygen atoms in total. The number of aryl methyl sites for hydroxylation is 2. The average Bonchev–Trinajstić information content (AvgIpc) is 2.59. The molecule has 0 bridgehead atoms. The van der Waals surface area contributed by atoms with Gasteiger partial charge in [-0.05, 0) is 26.0 Å². The number of hydrogen-bond acceptors (Lipinski definition) is 3. The molecule has 1 aromatic heterocycles. The van der Waals surface area contributed by atoms with Crippen LogP contribution in [0.2, 0.25) is 5.02 Å². The fraction of sp³-hybridized carbons (Fsp3) is 0.250. The van der Waals surface area contributed by atoms with Gasteiger partial charge >= 0.3 is 0 Å². The fourth-order valence-electron chi connectivity index (χ4n) is 1.53. The van der Waals surface area contributed by atoms with E-state index in [0.717, 1.165) is 5.69 Å². The zero-order valence-electron chi connectivity index (χ0n) is 9.77. The molecule has 0 saturated carbocycles. The first-order chi connectivity index (χ1) is 8.13. The second-order valence-corrected chi connectivity index (χ2v) is 4.06. The van der Waals surface area contributed by atoms with E-state index < -0.39 is 0 Å². The zero-order chi connectivity index (χ0) is 12.4. The number of benzene rings is 1. The molecule has 0 unspecified atom stereocenters. The molecule has 1 aromatic carbocycles. The standard InChI is InChI=1S/C12H14ClN3O/c1-3-16-12(11(14)8(2)15-16)17-10-7-5-4-6-9(10)13/h4-7H,3,14H2,1-2H3. The zero-order valence-corrected chi connectivity index (χ0v) is 10.5. The van der Waals surface area contributed by atoms with Crippen molar-refractivity contribution < 1.29 is 4.74 Å². The van der Waals surface area contributed by atoms with E-state index in [1.165, 1.54) is 0 Å². The van der Waals surface area contributed by atoms with Crippen LogP contribution in [0.1, 0.15) is 12.6 Å². The molecule has 5 heteroatoms. The Bertz CT molecular complexity index is 537. The molecule has 0 amide bonds. The number of ether oxygens (including phenoxy) is 1. The maximum absolute atomic E-state index is 6.03. The van der Waals surface area contributed by atoms with Gasteiger partial charge in [-0.15, -0.1) is 0 Å². The van der Waals surface area contributed by atoms with Gasteiger partial charge in [-0.3, -0.25) is 0 Å². The first-order valence-corrected chi connectivity index (χ1v) is 5.76. The fourth-order valence-corrected chi connectivity index (χ4v) is 1.70. The molecule has 0 aliphatic carbocycles. The van der Waals surface area contributed by atoms with Crippen molar-refractivity contribution in [2.75, 3.05) is 5.73 Å². The highest BCUT2D eigenvalue weighted by Gasteiger charge is 2.14. The third-order valence-corrected chi connectivity index (χ3v) is 2.78. The van der Waals surface area contributed by atoms with Crippen LogP contribution >= 0.6 is 11.6 Å².